The Morgan fingerprint density at radius 1 is 0.386 bits per heavy atom. The minimum absolute atomic E-state index is 0.00636. The van der Waals surface area contributed by atoms with Crippen LogP contribution in [0, 0.1) is 0 Å². The predicted octanol–water partition coefficient (Wildman–Crippen LogP) is 15.2. The summed E-state index contributed by atoms with van der Waals surface area (Å²) in [4.78, 5) is 0. The first-order chi connectivity index (χ1) is 37.4. The molecule has 3 heterocycles. The smallest absolute Gasteiger partial charge is 0.0645 e. The van der Waals surface area contributed by atoms with Crippen molar-refractivity contribution < 1.29 is 30.2 Å². The van der Waals surface area contributed by atoms with Gasteiger partial charge >= 0.3 is 0 Å². The van der Waals surface area contributed by atoms with E-state index in [1.165, 1.54) is 39.5 Å². The highest BCUT2D eigenvalue weighted by Crippen LogP contribution is 2.44. The number of rotatable bonds is 5. The van der Waals surface area contributed by atoms with Gasteiger partial charge < -0.3 is 9.13 Å². The summed E-state index contributed by atoms with van der Waals surface area (Å²) in [5.41, 5.74) is -1.13. The van der Waals surface area contributed by atoms with Crippen LogP contribution in [0.15, 0.2) is 206 Å². The standard InChI is InChI=1S/C54H34N2S/c1-3-14-35(15-4-1)36-16-11-17-37(32-36)41-22-13-27-52-53(41)47-34-40(29-31-51(47)57-52)55-48-25-9-8-21-44(48)46-33-38(28-30-50(46)55)42-23-12-24-45-43-20-7-10-26-49(43)56(54(42)45)39-18-5-2-6-19-39/h1-34H/i3D,4D,7D,8D,9D,11D,12D,13D,14D,16D,17D,20D,21D,22D,23D,24D,26D,27D,30D,31D,32D,33D. The van der Waals surface area contributed by atoms with Crippen molar-refractivity contribution in [1.82, 2.24) is 9.13 Å². The number of benzene rings is 9. The summed E-state index contributed by atoms with van der Waals surface area (Å²) in [5, 5.41) is -0.186. The molecule has 9 aromatic carbocycles. The molecular weight excluding hydrogens is 709 g/mol. The van der Waals surface area contributed by atoms with E-state index in [4.69, 9.17) is 17.8 Å². The largest absolute Gasteiger partial charge is 0.309 e. The quantitative estimate of drug-likeness (QED) is 0.165. The number of para-hydroxylation sites is 4. The van der Waals surface area contributed by atoms with Crippen LogP contribution >= 0.6 is 11.3 Å². The summed E-state index contributed by atoms with van der Waals surface area (Å²) >= 11 is 0.898. The fraction of sp³-hybridized carbons (Fsp3) is 0. The highest BCUT2D eigenvalue weighted by Gasteiger charge is 2.19. The van der Waals surface area contributed by atoms with Gasteiger partial charge in [-0.3, -0.25) is 0 Å². The van der Waals surface area contributed by atoms with Gasteiger partial charge in [-0.15, -0.1) is 11.3 Å². The number of hydrogen-bond donors (Lipinski definition) is 0. The molecule has 266 valence electrons. The molecular formula is C54H34N2S. The van der Waals surface area contributed by atoms with Crippen LogP contribution < -0.4 is 0 Å². The monoisotopic (exact) mass is 764 g/mol. The second kappa shape index (κ2) is 12.7. The second-order valence-electron chi connectivity index (χ2n) is 13.2. The molecule has 3 heteroatoms. The highest BCUT2D eigenvalue weighted by molar-refractivity contribution is 7.26. The van der Waals surface area contributed by atoms with Gasteiger partial charge in [0.2, 0.25) is 0 Å². The lowest BCUT2D eigenvalue weighted by atomic mass is 9.96. The number of fused-ring (bicyclic) bond motifs is 9. The summed E-state index contributed by atoms with van der Waals surface area (Å²) in [6.45, 7) is 0. The number of thiophene rings is 1. The zero-order valence-corrected chi connectivity index (χ0v) is 30.0. The van der Waals surface area contributed by atoms with Crippen molar-refractivity contribution in [3.63, 3.8) is 0 Å². The normalized spacial score (nSPS) is 17.3. The van der Waals surface area contributed by atoms with Crippen molar-refractivity contribution in [2.75, 3.05) is 0 Å². The zero-order chi connectivity index (χ0) is 56.6. The molecule has 0 saturated heterocycles. The number of nitrogens with zero attached hydrogens (tertiary/aromatic N) is 2. The first kappa shape index (κ1) is 17.3. The van der Waals surface area contributed by atoms with Crippen LogP contribution in [0.3, 0.4) is 0 Å². The van der Waals surface area contributed by atoms with E-state index in [0.717, 1.165) is 23.5 Å². The molecule has 0 aliphatic carbocycles. The van der Waals surface area contributed by atoms with Crippen LogP contribution in [-0.4, -0.2) is 9.13 Å². The first-order valence-corrected chi connectivity index (χ1v) is 18.5. The van der Waals surface area contributed by atoms with E-state index >= 15 is 0 Å². The van der Waals surface area contributed by atoms with Gasteiger partial charge in [0.15, 0.2) is 0 Å². The van der Waals surface area contributed by atoms with Crippen molar-refractivity contribution in [3.8, 4) is 44.8 Å². The fourth-order valence-electron chi connectivity index (χ4n) is 7.62. The Morgan fingerprint density at radius 3 is 2.14 bits per heavy atom. The Kier molecular flexibility index (Phi) is 3.85. The van der Waals surface area contributed by atoms with Crippen LogP contribution in [0.2, 0.25) is 0 Å². The first-order valence-electron chi connectivity index (χ1n) is 28.7. The molecule has 0 bridgehead atoms. The van der Waals surface area contributed by atoms with Crippen molar-refractivity contribution in [3.05, 3.63) is 206 Å². The van der Waals surface area contributed by atoms with Crippen LogP contribution in [0.4, 0.5) is 0 Å². The molecule has 0 radical (unpaired) electrons. The average Bonchev–Trinajstić information content (AvgIpc) is 4.02. The fourth-order valence-corrected chi connectivity index (χ4v) is 8.62. The van der Waals surface area contributed by atoms with Gasteiger partial charge in [0.25, 0.3) is 0 Å². The molecule has 0 atom stereocenters. The molecule has 0 N–H and O–H groups in total. The SMILES string of the molecule is [2H]c1cc([2H])c([2H])c(-c2c([2H])c([2H])c([2H])c(-c3c([2H])c([2H])c([2H])c4sc5c([2H])cc(-n6c7cc([2H])c([2H])c([2H])c7c7c([2H])c(-c8c([2H])c([2H])c([2H])c9c%10c([2H])c([2H])cc([2H])c%10n(-c%10ccccc%10)c89)cc([2H])c76)cc5c34)c2[2H])c1. The second-order valence-corrected chi connectivity index (χ2v) is 14.2. The lowest BCUT2D eigenvalue weighted by molar-refractivity contribution is 1.18. The Morgan fingerprint density at radius 2 is 1.18 bits per heavy atom. The third kappa shape index (κ3) is 4.96. The summed E-state index contributed by atoms with van der Waals surface area (Å²) in [7, 11) is 0. The lowest BCUT2D eigenvalue weighted by Gasteiger charge is -2.12. The lowest BCUT2D eigenvalue weighted by Crippen LogP contribution is -1.95. The minimum Gasteiger partial charge on any atom is -0.309 e. The van der Waals surface area contributed by atoms with Gasteiger partial charge in [-0.1, -0.05) is 139 Å². The van der Waals surface area contributed by atoms with Crippen LogP contribution in [-0.2, 0) is 0 Å². The van der Waals surface area contributed by atoms with Gasteiger partial charge in [-0.25, -0.2) is 0 Å². The van der Waals surface area contributed by atoms with Crippen molar-refractivity contribution in [2.24, 2.45) is 0 Å². The van der Waals surface area contributed by atoms with Gasteiger partial charge in [-0.2, -0.15) is 0 Å². The Labute approximate surface area is 364 Å². The third-order valence-electron chi connectivity index (χ3n) is 10.0. The maximum atomic E-state index is 10.1. The van der Waals surface area contributed by atoms with Gasteiger partial charge in [-0.05, 0) is 94.4 Å². The van der Waals surface area contributed by atoms with Crippen molar-refractivity contribution in [1.29, 1.82) is 0 Å². The molecule has 0 amide bonds. The molecule has 0 unspecified atom stereocenters. The number of aromatic nitrogens is 2. The van der Waals surface area contributed by atoms with Gasteiger partial charge in [0, 0.05) is 58.7 Å². The van der Waals surface area contributed by atoms with E-state index in [9.17, 15) is 12.3 Å². The maximum absolute atomic E-state index is 10.1. The Hall–Kier alpha value is -7.20. The summed E-state index contributed by atoms with van der Waals surface area (Å²) in [6.07, 6.45) is 0. The predicted molar refractivity (Wildman–Crippen MR) is 244 cm³/mol. The molecule has 0 aliphatic heterocycles. The van der Waals surface area contributed by atoms with E-state index in [1.54, 1.807) is 30.3 Å². The van der Waals surface area contributed by atoms with Gasteiger partial charge in [0.1, 0.15) is 0 Å². The Balaban J connectivity index is 1.21. The molecule has 2 nitrogen and oxygen atoms in total. The molecule has 12 rings (SSSR count). The molecule has 12 aromatic rings. The van der Waals surface area contributed by atoms with Crippen LogP contribution in [0.1, 0.15) is 30.2 Å². The van der Waals surface area contributed by atoms with Crippen molar-refractivity contribution in [2.45, 2.75) is 0 Å². The zero-order valence-electron chi connectivity index (χ0n) is 51.2. The minimum atomic E-state index is -0.735. The topological polar surface area (TPSA) is 9.86 Å². The summed E-state index contributed by atoms with van der Waals surface area (Å²) in [5.74, 6) is 0. The molecule has 57 heavy (non-hydrogen) atoms. The van der Waals surface area contributed by atoms with Crippen LogP contribution in [0.5, 0.6) is 0 Å². The van der Waals surface area contributed by atoms with Crippen LogP contribution in [0.25, 0.3) is 109 Å². The van der Waals surface area contributed by atoms with Gasteiger partial charge in [0.05, 0.1) is 52.2 Å². The molecule has 0 fully saturated rings. The maximum Gasteiger partial charge on any atom is 0.0645 e. The summed E-state index contributed by atoms with van der Waals surface area (Å²) < 4.78 is 204. The highest BCUT2D eigenvalue weighted by atomic mass is 32.1. The Bertz CT molecular complexity index is 4810. The third-order valence-corrected chi connectivity index (χ3v) is 11.1. The van der Waals surface area contributed by atoms with E-state index in [-0.39, 0.29) is 134 Å². The molecule has 0 saturated carbocycles. The molecule has 0 aliphatic rings. The summed E-state index contributed by atoms with van der Waals surface area (Å²) in [6, 6.07) is 6.70. The molecule has 0 spiro atoms. The number of hydrogen-bond acceptors (Lipinski definition) is 1. The van der Waals surface area contributed by atoms with E-state index < -0.39 is 102 Å². The van der Waals surface area contributed by atoms with E-state index in [2.05, 4.69) is 0 Å². The van der Waals surface area contributed by atoms with Crippen molar-refractivity contribution >= 4 is 75.1 Å². The molecule has 3 aromatic heterocycles. The average molecular weight is 765 g/mol. The van der Waals surface area contributed by atoms with E-state index in [1.807, 2.05) is 0 Å². The van der Waals surface area contributed by atoms with E-state index in [0.29, 0.717) is 5.69 Å².